The monoisotopic (exact) mass is 333 g/mol. The number of rotatable bonds is 3. The molecule has 6 heteroatoms. The van der Waals surface area contributed by atoms with Crippen LogP contribution in [-0.2, 0) is 6.42 Å². The molecule has 0 bridgehead atoms. The van der Waals surface area contributed by atoms with Crippen LogP contribution >= 0.6 is 0 Å². The molecule has 1 aliphatic heterocycles. The third-order valence-corrected chi connectivity index (χ3v) is 4.64. The summed E-state index contributed by atoms with van der Waals surface area (Å²) in [5, 5.41) is 2.91. The van der Waals surface area contributed by atoms with E-state index in [0.29, 0.717) is 12.1 Å². The van der Waals surface area contributed by atoms with E-state index in [-0.39, 0.29) is 17.9 Å². The molecule has 0 fully saturated rings. The van der Waals surface area contributed by atoms with Crippen LogP contribution in [0.25, 0.3) is 11.4 Å². The van der Waals surface area contributed by atoms with Gasteiger partial charge in [0.2, 0.25) is 5.95 Å². The molecule has 0 saturated carbocycles. The van der Waals surface area contributed by atoms with Crippen molar-refractivity contribution in [3.63, 3.8) is 0 Å². The zero-order valence-corrected chi connectivity index (χ0v) is 13.9. The van der Waals surface area contributed by atoms with Crippen molar-refractivity contribution in [2.24, 2.45) is 0 Å². The summed E-state index contributed by atoms with van der Waals surface area (Å²) in [5.74, 6) is 0.184. The van der Waals surface area contributed by atoms with Crippen molar-refractivity contribution in [2.45, 2.75) is 19.4 Å². The van der Waals surface area contributed by atoms with Crippen molar-refractivity contribution in [3.8, 4) is 11.4 Å². The molecule has 25 heavy (non-hydrogen) atoms. The number of carbonyl (C=O) groups excluding carboxylic acids is 1. The quantitative estimate of drug-likeness (QED) is 0.771. The lowest BCUT2D eigenvalue weighted by molar-refractivity contribution is 0.0945. The number of aromatic nitrogens is 3. The molecular formula is C19H19N5O. The van der Waals surface area contributed by atoms with Gasteiger partial charge in [0.1, 0.15) is 0 Å². The standard InChI is InChI=1S/C19H19N5O/c1-12(13-5-3-2-4-6-13)24-16-8-10-21-18(25)14(16)11-17(24)15-7-9-22-19(20)23-15/h2-7,9,11-12H,8,10H2,1H3,(H,21,25)(H2,20,22,23). The Morgan fingerprint density at radius 1 is 1.24 bits per heavy atom. The van der Waals surface area contributed by atoms with Gasteiger partial charge in [-0.2, -0.15) is 0 Å². The number of fused-ring (bicyclic) bond motifs is 1. The van der Waals surface area contributed by atoms with E-state index in [0.717, 1.165) is 23.5 Å². The Kier molecular flexibility index (Phi) is 3.72. The third kappa shape index (κ3) is 2.65. The Bertz CT molecular complexity index is 932. The van der Waals surface area contributed by atoms with Gasteiger partial charge in [0.25, 0.3) is 5.91 Å². The first-order chi connectivity index (χ1) is 12.1. The molecule has 126 valence electrons. The highest BCUT2D eigenvalue weighted by Crippen LogP contribution is 2.33. The van der Waals surface area contributed by atoms with Gasteiger partial charge in [-0.05, 0) is 24.6 Å². The summed E-state index contributed by atoms with van der Waals surface area (Å²) < 4.78 is 2.20. The first-order valence-corrected chi connectivity index (χ1v) is 8.31. The van der Waals surface area contributed by atoms with Gasteiger partial charge in [0, 0.05) is 24.9 Å². The first-order valence-electron chi connectivity index (χ1n) is 8.31. The summed E-state index contributed by atoms with van der Waals surface area (Å²) >= 11 is 0. The van der Waals surface area contributed by atoms with E-state index in [4.69, 9.17) is 5.73 Å². The number of benzene rings is 1. The number of nitrogens with zero attached hydrogens (tertiary/aromatic N) is 3. The molecule has 3 N–H and O–H groups in total. The summed E-state index contributed by atoms with van der Waals surface area (Å²) in [6.45, 7) is 2.78. The second-order valence-corrected chi connectivity index (χ2v) is 6.15. The van der Waals surface area contributed by atoms with Gasteiger partial charge in [-0.25, -0.2) is 9.97 Å². The lowest BCUT2D eigenvalue weighted by Crippen LogP contribution is -2.32. The predicted molar refractivity (Wildman–Crippen MR) is 96.2 cm³/mol. The fourth-order valence-corrected chi connectivity index (χ4v) is 3.44. The Morgan fingerprint density at radius 2 is 2.04 bits per heavy atom. The molecule has 0 aliphatic carbocycles. The molecule has 6 nitrogen and oxygen atoms in total. The molecule has 3 heterocycles. The summed E-state index contributed by atoms with van der Waals surface area (Å²) in [5.41, 5.74) is 10.3. The van der Waals surface area contributed by atoms with Crippen molar-refractivity contribution in [1.82, 2.24) is 19.9 Å². The summed E-state index contributed by atoms with van der Waals surface area (Å²) in [4.78, 5) is 20.7. The second kappa shape index (κ2) is 6.05. The van der Waals surface area contributed by atoms with Crippen LogP contribution in [0.4, 0.5) is 5.95 Å². The SMILES string of the molecule is CC(c1ccccc1)n1c(-c2ccnc(N)n2)cc2c1CCNC2=O. The van der Waals surface area contributed by atoms with E-state index >= 15 is 0 Å². The van der Waals surface area contributed by atoms with Gasteiger partial charge in [-0.3, -0.25) is 4.79 Å². The number of hydrogen-bond donors (Lipinski definition) is 2. The van der Waals surface area contributed by atoms with Gasteiger partial charge in [-0.15, -0.1) is 0 Å². The topological polar surface area (TPSA) is 85.8 Å². The maximum absolute atomic E-state index is 12.3. The maximum atomic E-state index is 12.3. The number of nitrogens with one attached hydrogen (secondary N) is 1. The zero-order valence-electron chi connectivity index (χ0n) is 13.9. The zero-order chi connectivity index (χ0) is 17.4. The second-order valence-electron chi connectivity index (χ2n) is 6.15. The van der Waals surface area contributed by atoms with Gasteiger partial charge in [-0.1, -0.05) is 30.3 Å². The van der Waals surface area contributed by atoms with Crippen LogP contribution in [0.1, 0.15) is 34.6 Å². The van der Waals surface area contributed by atoms with Crippen LogP contribution in [0.15, 0.2) is 48.7 Å². The number of carbonyl (C=O) groups is 1. The van der Waals surface area contributed by atoms with Crippen molar-refractivity contribution >= 4 is 11.9 Å². The molecule has 1 unspecified atom stereocenters. The number of hydrogen-bond acceptors (Lipinski definition) is 4. The molecule has 0 radical (unpaired) electrons. The molecule has 1 atom stereocenters. The summed E-state index contributed by atoms with van der Waals surface area (Å²) in [7, 11) is 0. The van der Waals surface area contributed by atoms with Crippen LogP contribution in [-0.4, -0.2) is 27.0 Å². The van der Waals surface area contributed by atoms with Crippen LogP contribution in [0.3, 0.4) is 0 Å². The van der Waals surface area contributed by atoms with Crippen molar-refractivity contribution in [2.75, 3.05) is 12.3 Å². The highest BCUT2D eigenvalue weighted by molar-refractivity contribution is 5.98. The summed E-state index contributed by atoms with van der Waals surface area (Å²) in [6, 6.07) is 14.0. The van der Waals surface area contributed by atoms with E-state index in [1.165, 1.54) is 5.56 Å². The van der Waals surface area contributed by atoms with E-state index < -0.39 is 0 Å². The van der Waals surface area contributed by atoms with Crippen LogP contribution < -0.4 is 11.1 Å². The van der Waals surface area contributed by atoms with E-state index in [9.17, 15) is 4.79 Å². The predicted octanol–water partition coefficient (Wildman–Crippen LogP) is 2.42. The van der Waals surface area contributed by atoms with Crippen molar-refractivity contribution < 1.29 is 4.79 Å². The van der Waals surface area contributed by atoms with E-state index in [1.54, 1.807) is 6.20 Å². The van der Waals surface area contributed by atoms with Gasteiger partial charge in [0.05, 0.1) is 23.0 Å². The number of anilines is 1. The number of nitrogen functional groups attached to an aromatic ring is 1. The smallest absolute Gasteiger partial charge is 0.253 e. The van der Waals surface area contributed by atoms with Gasteiger partial charge >= 0.3 is 0 Å². The third-order valence-electron chi connectivity index (χ3n) is 4.64. The van der Waals surface area contributed by atoms with Gasteiger partial charge in [0.15, 0.2) is 0 Å². The Balaban J connectivity index is 1.93. The molecular weight excluding hydrogens is 314 g/mol. The first kappa shape index (κ1) is 15.4. The minimum atomic E-state index is -0.0384. The lowest BCUT2D eigenvalue weighted by atomic mass is 10.1. The molecule has 4 rings (SSSR count). The summed E-state index contributed by atoms with van der Waals surface area (Å²) in [6.07, 6.45) is 2.43. The molecule has 2 aromatic heterocycles. The average Bonchev–Trinajstić information content (AvgIpc) is 3.03. The van der Waals surface area contributed by atoms with Gasteiger partial charge < -0.3 is 15.6 Å². The molecule has 1 aromatic carbocycles. The van der Waals surface area contributed by atoms with Crippen LogP contribution in [0.5, 0.6) is 0 Å². The molecule has 1 aliphatic rings. The van der Waals surface area contributed by atoms with Crippen LogP contribution in [0.2, 0.25) is 0 Å². The number of nitrogens with two attached hydrogens (primary N) is 1. The highest BCUT2D eigenvalue weighted by Gasteiger charge is 2.27. The van der Waals surface area contributed by atoms with E-state index in [1.807, 2.05) is 30.3 Å². The Labute approximate surface area is 145 Å². The van der Waals surface area contributed by atoms with Crippen molar-refractivity contribution in [3.05, 3.63) is 65.5 Å². The fraction of sp³-hybridized carbons (Fsp3) is 0.211. The molecule has 0 spiro atoms. The molecule has 1 amide bonds. The minimum Gasteiger partial charge on any atom is -0.368 e. The average molecular weight is 333 g/mol. The largest absolute Gasteiger partial charge is 0.368 e. The van der Waals surface area contributed by atoms with E-state index in [2.05, 4.69) is 38.9 Å². The Morgan fingerprint density at radius 3 is 2.80 bits per heavy atom. The minimum absolute atomic E-state index is 0.0384. The Hall–Kier alpha value is -3.15. The maximum Gasteiger partial charge on any atom is 0.253 e. The van der Waals surface area contributed by atoms with Crippen molar-refractivity contribution in [1.29, 1.82) is 0 Å². The van der Waals surface area contributed by atoms with Crippen LogP contribution in [0, 0.1) is 0 Å². The fourth-order valence-electron chi connectivity index (χ4n) is 3.44. The normalized spacial score (nSPS) is 14.7. The molecule has 3 aromatic rings. The lowest BCUT2D eigenvalue weighted by Gasteiger charge is -2.23. The molecule has 0 saturated heterocycles. The highest BCUT2D eigenvalue weighted by atomic mass is 16.1. The number of amides is 1.